The van der Waals surface area contributed by atoms with Crippen LogP contribution in [-0.4, -0.2) is 47.7 Å². The van der Waals surface area contributed by atoms with E-state index >= 15 is 0 Å². The SMILES string of the molecule is CCC(C)N(C)C1CCC(NC)(C(=O)O)C1. The molecule has 0 spiro atoms. The van der Waals surface area contributed by atoms with Crippen molar-refractivity contribution in [3.63, 3.8) is 0 Å². The molecule has 1 fully saturated rings. The van der Waals surface area contributed by atoms with E-state index in [1.807, 2.05) is 0 Å². The van der Waals surface area contributed by atoms with Crippen LogP contribution in [-0.2, 0) is 4.79 Å². The molecule has 0 radical (unpaired) electrons. The zero-order chi connectivity index (χ0) is 12.3. The number of nitrogens with one attached hydrogen (secondary N) is 1. The second-order valence-corrected chi connectivity index (χ2v) is 4.96. The van der Waals surface area contributed by atoms with Gasteiger partial charge in [-0.2, -0.15) is 0 Å². The van der Waals surface area contributed by atoms with E-state index in [-0.39, 0.29) is 0 Å². The lowest BCUT2D eigenvalue weighted by Crippen LogP contribution is -2.49. The molecule has 16 heavy (non-hydrogen) atoms. The van der Waals surface area contributed by atoms with Crippen LogP contribution < -0.4 is 5.32 Å². The van der Waals surface area contributed by atoms with Gasteiger partial charge in [-0.3, -0.25) is 4.79 Å². The first kappa shape index (κ1) is 13.5. The average molecular weight is 228 g/mol. The van der Waals surface area contributed by atoms with Gasteiger partial charge in [-0.05, 0) is 46.7 Å². The number of hydrogen-bond donors (Lipinski definition) is 2. The second-order valence-electron chi connectivity index (χ2n) is 4.96. The summed E-state index contributed by atoms with van der Waals surface area (Å²) in [7, 11) is 3.85. The summed E-state index contributed by atoms with van der Waals surface area (Å²) in [5.74, 6) is -0.713. The fraction of sp³-hybridized carbons (Fsp3) is 0.917. The Bertz CT molecular complexity index is 257. The molecule has 0 amide bonds. The standard InChI is InChI=1S/C12H24N2O2/c1-5-9(2)14(4)10-6-7-12(8-10,13-3)11(15)16/h9-10,13H,5-8H2,1-4H3,(H,15,16). The predicted molar refractivity (Wildman–Crippen MR) is 64.6 cm³/mol. The van der Waals surface area contributed by atoms with Gasteiger partial charge in [0.05, 0.1) is 0 Å². The molecule has 0 bridgehead atoms. The van der Waals surface area contributed by atoms with Crippen LogP contribution in [0.2, 0.25) is 0 Å². The number of carbonyl (C=O) groups is 1. The molecule has 3 unspecified atom stereocenters. The minimum atomic E-state index is -0.713. The van der Waals surface area contributed by atoms with Crippen molar-refractivity contribution in [2.45, 2.75) is 57.2 Å². The van der Waals surface area contributed by atoms with E-state index in [4.69, 9.17) is 0 Å². The van der Waals surface area contributed by atoms with Crippen molar-refractivity contribution >= 4 is 5.97 Å². The van der Waals surface area contributed by atoms with Gasteiger partial charge in [-0.25, -0.2) is 0 Å². The molecule has 1 aliphatic rings. The molecule has 3 atom stereocenters. The summed E-state index contributed by atoms with van der Waals surface area (Å²) < 4.78 is 0. The van der Waals surface area contributed by atoms with Gasteiger partial charge < -0.3 is 15.3 Å². The Labute approximate surface area is 98.0 Å². The van der Waals surface area contributed by atoms with Crippen LogP contribution in [0.4, 0.5) is 0 Å². The molecule has 0 aromatic rings. The first-order valence-electron chi connectivity index (χ1n) is 6.11. The van der Waals surface area contributed by atoms with Crippen molar-refractivity contribution in [1.82, 2.24) is 10.2 Å². The minimum Gasteiger partial charge on any atom is -0.480 e. The monoisotopic (exact) mass is 228 g/mol. The van der Waals surface area contributed by atoms with Crippen LogP contribution in [0.5, 0.6) is 0 Å². The lowest BCUT2D eigenvalue weighted by molar-refractivity contribution is -0.144. The largest absolute Gasteiger partial charge is 0.480 e. The van der Waals surface area contributed by atoms with Gasteiger partial charge in [0.15, 0.2) is 0 Å². The van der Waals surface area contributed by atoms with Crippen LogP contribution in [0, 0.1) is 0 Å². The van der Waals surface area contributed by atoms with E-state index in [2.05, 4.69) is 31.1 Å². The van der Waals surface area contributed by atoms with Crippen LogP contribution >= 0.6 is 0 Å². The number of aliphatic carboxylic acids is 1. The smallest absolute Gasteiger partial charge is 0.323 e. The van der Waals surface area contributed by atoms with Gasteiger partial charge in [-0.15, -0.1) is 0 Å². The maximum absolute atomic E-state index is 11.3. The topological polar surface area (TPSA) is 52.6 Å². The molecule has 4 heteroatoms. The molecular formula is C12H24N2O2. The quantitative estimate of drug-likeness (QED) is 0.745. The molecule has 1 saturated carbocycles. The fourth-order valence-electron chi connectivity index (χ4n) is 2.54. The van der Waals surface area contributed by atoms with Gasteiger partial charge in [0, 0.05) is 12.1 Å². The first-order chi connectivity index (χ1) is 7.46. The summed E-state index contributed by atoms with van der Waals surface area (Å²) in [5, 5.41) is 12.3. The Kier molecular flexibility index (Phi) is 4.33. The van der Waals surface area contributed by atoms with E-state index in [1.165, 1.54) is 0 Å². The third-order valence-electron chi connectivity index (χ3n) is 4.24. The number of nitrogens with zero attached hydrogens (tertiary/aromatic N) is 1. The van der Waals surface area contributed by atoms with E-state index in [9.17, 15) is 9.90 Å². The maximum atomic E-state index is 11.3. The molecule has 4 nitrogen and oxygen atoms in total. The number of carboxylic acids is 1. The number of rotatable bonds is 5. The summed E-state index contributed by atoms with van der Waals surface area (Å²) in [6.45, 7) is 4.36. The molecule has 94 valence electrons. The van der Waals surface area contributed by atoms with Crippen LogP contribution in [0.3, 0.4) is 0 Å². The van der Waals surface area contributed by atoms with Crippen molar-refractivity contribution < 1.29 is 9.90 Å². The van der Waals surface area contributed by atoms with Crippen molar-refractivity contribution in [2.24, 2.45) is 0 Å². The molecule has 0 saturated heterocycles. The third-order valence-corrected chi connectivity index (χ3v) is 4.24. The number of likely N-dealkylation sites (N-methyl/N-ethyl adjacent to an activating group) is 1. The Morgan fingerprint density at radius 3 is 2.69 bits per heavy atom. The molecule has 2 N–H and O–H groups in total. The Balaban J connectivity index is 2.67. The van der Waals surface area contributed by atoms with Crippen molar-refractivity contribution in [1.29, 1.82) is 0 Å². The van der Waals surface area contributed by atoms with E-state index < -0.39 is 11.5 Å². The third kappa shape index (κ3) is 2.38. The van der Waals surface area contributed by atoms with E-state index in [0.717, 1.165) is 19.3 Å². The second kappa shape index (κ2) is 5.15. The van der Waals surface area contributed by atoms with Crippen molar-refractivity contribution in [3.05, 3.63) is 0 Å². The summed E-state index contributed by atoms with van der Waals surface area (Å²) in [4.78, 5) is 13.6. The van der Waals surface area contributed by atoms with Crippen molar-refractivity contribution in [2.75, 3.05) is 14.1 Å². The van der Waals surface area contributed by atoms with E-state index in [1.54, 1.807) is 7.05 Å². The Morgan fingerprint density at radius 2 is 2.31 bits per heavy atom. The molecule has 0 heterocycles. The van der Waals surface area contributed by atoms with Gasteiger partial charge in [-0.1, -0.05) is 6.92 Å². The number of carboxylic acid groups (broad SMARTS) is 1. The highest BCUT2D eigenvalue weighted by Gasteiger charge is 2.45. The van der Waals surface area contributed by atoms with Crippen LogP contribution in [0.25, 0.3) is 0 Å². The predicted octanol–water partition coefficient (Wildman–Crippen LogP) is 1.31. The zero-order valence-electron chi connectivity index (χ0n) is 10.8. The van der Waals surface area contributed by atoms with Gasteiger partial charge in [0.2, 0.25) is 0 Å². The number of hydrogen-bond acceptors (Lipinski definition) is 3. The van der Waals surface area contributed by atoms with Crippen molar-refractivity contribution in [3.8, 4) is 0 Å². The normalized spacial score (nSPS) is 31.9. The summed E-state index contributed by atoms with van der Waals surface area (Å²) in [6, 6.07) is 0.907. The summed E-state index contributed by atoms with van der Waals surface area (Å²) in [5.41, 5.74) is -0.702. The molecule has 0 aromatic heterocycles. The van der Waals surface area contributed by atoms with Crippen LogP contribution in [0.15, 0.2) is 0 Å². The lowest BCUT2D eigenvalue weighted by Gasteiger charge is -2.31. The molecule has 0 aliphatic heterocycles. The maximum Gasteiger partial charge on any atom is 0.323 e. The highest BCUT2D eigenvalue weighted by Crippen LogP contribution is 2.33. The molecule has 0 aromatic carbocycles. The average Bonchev–Trinajstić information content (AvgIpc) is 2.72. The van der Waals surface area contributed by atoms with Crippen LogP contribution in [0.1, 0.15) is 39.5 Å². The summed E-state index contributed by atoms with van der Waals surface area (Å²) >= 11 is 0. The Hall–Kier alpha value is -0.610. The molecular weight excluding hydrogens is 204 g/mol. The van der Waals surface area contributed by atoms with Gasteiger partial charge in [0.25, 0.3) is 0 Å². The molecule has 1 aliphatic carbocycles. The first-order valence-corrected chi connectivity index (χ1v) is 6.11. The lowest BCUT2D eigenvalue weighted by atomic mass is 9.97. The minimum absolute atomic E-state index is 0.387. The Morgan fingerprint density at radius 1 is 1.69 bits per heavy atom. The summed E-state index contributed by atoms with van der Waals surface area (Å²) in [6.07, 6.45) is 3.50. The zero-order valence-corrected chi connectivity index (χ0v) is 10.8. The van der Waals surface area contributed by atoms with Gasteiger partial charge in [0.1, 0.15) is 5.54 Å². The highest BCUT2D eigenvalue weighted by molar-refractivity contribution is 5.79. The fourth-order valence-corrected chi connectivity index (χ4v) is 2.54. The van der Waals surface area contributed by atoms with E-state index in [0.29, 0.717) is 18.5 Å². The van der Waals surface area contributed by atoms with Gasteiger partial charge >= 0.3 is 5.97 Å². The highest BCUT2D eigenvalue weighted by atomic mass is 16.4. The molecule has 1 rings (SSSR count).